The normalized spacial score (nSPS) is 10.6. The second-order valence-corrected chi connectivity index (χ2v) is 4.34. The van der Waals surface area contributed by atoms with Crippen molar-refractivity contribution in [2.24, 2.45) is 7.05 Å². The number of carbonyl (C=O) groups is 2. The van der Waals surface area contributed by atoms with Crippen LogP contribution in [0.5, 0.6) is 0 Å². The Kier molecular flexibility index (Phi) is 3.39. The van der Waals surface area contributed by atoms with E-state index in [1.54, 1.807) is 6.07 Å². The van der Waals surface area contributed by atoms with Crippen molar-refractivity contribution in [1.29, 1.82) is 0 Å². The number of methoxy groups -OCH3 is 1. The van der Waals surface area contributed by atoms with Crippen LogP contribution < -0.4 is 0 Å². The maximum atomic E-state index is 11.9. The van der Waals surface area contributed by atoms with Gasteiger partial charge in [-0.2, -0.15) is 0 Å². The van der Waals surface area contributed by atoms with Crippen molar-refractivity contribution in [3.63, 3.8) is 0 Å². The highest BCUT2D eigenvalue weighted by molar-refractivity contribution is 6.39. The number of aryl methyl sites for hydroxylation is 1. The van der Waals surface area contributed by atoms with Gasteiger partial charge in [0.2, 0.25) is 0 Å². The summed E-state index contributed by atoms with van der Waals surface area (Å²) in [6.45, 7) is 0. The van der Waals surface area contributed by atoms with Gasteiger partial charge in [0, 0.05) is 29.7 Å². The van der Waals surface area contributed by atoms with Crippen LogP contribution in [0.1, 0.15) is 16.8 Å². The fourth-order valence-electron chi connectivity index (χ4n) is 1.83. The lowest BCUT2D eigenvalue weighted by molar-refractivity contribution is -0.139. The van der Waals surface area contributed by atoms with Gasteiger partial charge >= 0.3 is 5.97 Å². The zero-order chi connectivity index (χ0) is 13.3. The van der Waals surface area contributed by atoms with Crippen LogP contribution in [0, 0.1) is 0 Å². The number of carbonyl (C=O) groups excluding carboxylic acids is 2. The number of fused-ring (bicyclic) bond motifs is 1. The minimum Gasteiger partial charge on any atom is -0.469 e. The number of hydrogen-bond donors (Lipinski definition) is 0. The summed E-state index contributed by atoms with van der Waals surface area (Å²) in [5, 5.41) is 1.18. The van der Waals surface area contributed by atoms with Gasteiger partial charge in [-0.1, -0.05) is 11.6 Å². The first-order valence-electron chi connectivity index (χ1n) is 5.38. The predicted molar refractivity (Wildman–Crippen MR) is 68.9 cm³/mol. The fourth-order valence-corrected chi connectivity index (χ4v) is 2.16. The number of halogens is 1. The molecule has 5 heteroatoms. The minimum absolute atomic E-state index is 0.297. The first kappa shape index (κ1) is 12.6. The highest BCUT2D eigenvalue weighted by Crippen LogP contribution is 2.28. The van der Waals surface area contributed by atoms with E-state index >= 15 is 0 Å². The van der Waals surface area contributed by atoms with Gasteiger partial charge in [0.05, 0.1) is 12.1 Å². The van der Waals surface area contributed by atoms with E-state index in [0.29, 0.717) is 10.6 Å². The van der Waals surface area contributed by atoms with Crippen molar-refractivity contribution in [2.75, 3.05) is 7.11 Å². The van der Waals surface area contributed by atoms with E-state index in [-0.39, 0.29) is 12.2 Å². The highest BCUT2D eigenvalue weighted by Gasteiger charge is 2.17. The average Bonchev–Trinajstić information content (AvgIpc) is 2.72. The van der Waals surface area contributed by atoms with Crippen LogP contribution in [0.4, 0.5) is 0 Å². The Morgan fingerprint density at radius 3 is 2.72 bits per heavy atom. The number of aromatic nitrogens is 1. The molecule has 2 aromatic rings. The van der Waals surface area contributed by atoms with E-state index in [9.17, 15) is 9.59 Å². The molecule has 0 bridgehead atoms. The maximum absolute atomic E-state index is 11.9. The molecule has 0 unspecified atom stereocenters. The second-order valence-electron chi connectivity index (χ2n) is 3.96. The standard InChI is InChI=1S/C13H12ClNO3/c1-15-6-5-8-10(15)4-3-9(13(8)14)11(16)7-12(17)18-2/h3-6H,7H2,1-2H3. The summed E-state index contributed by atoms with van der Waals surface area (Å²) in [6, 6.07) is 5.29. The zero-order valence-electron chi connectivity index (χ0n) is 10.1. The van der Waals surface area contributed by atoms with Crippen LogP contribution in [-0.2, 0) is 16.6 Å². The molecule has 1 aromatic heterocycles. The summed E-state index contributed by atoms with van der Waals surface area (Å²) in [7, 11) is 3.15. The Hall–Kier alpha value is -1.81. The van der Waals surface area contributed by atoms with Gasteiger partial charge in [-0.3, -0.25) is 9.59 Å². The number of ketones is 1. The number of esters is 1. The Morgan fingerprint density at radius 2 is 2.06 bits per heavy atom. The van der Waals surface area contributed by atoms with Crippen LogP contribution >= 0.6 is 11.6 Å². The molecule has 4 nitrogen and oxygen atoms in total. The van der Waals surface area contributed by atoms with Crippen LogP contribution in [0.3, 0.4) is 0 Å². The molecule has 2 rings (SSSR count). The van der Waals surface area contributed by atoms with Crippen molar-refractivity contribution >= 4 is 34.3 Å². The van der Waals surface area contributed by atoms with Crippen LogP contribution in [0.15, 0.2) is 24.4 Å². The average molecular weight is 266 g/mol. The summed E-state index contributed by atoms with van der Waals surface area (Å²) >= 11 is 6.19. The molecule has 0 amide bonds. The lowest BCUT2D eigenvalue weighted by atomic mass is 10.1. The fraction of sp³-hybridized carbons (Fsp3) is 0.231. The van der Waals surface area contributed by atoms with Crippen molar-refractivity contribution < 1.29 is 14.3 Å². The topological polar surface area (TPSA) is 48.3 Å². The number of nitrogens with zero attached hydrogens (tertiary/aromatic N) is 1. The molecule has 0 fully saturated rings. The quantitative estimate of drug-likeness (QED) is 0.487. The van der Waals surface area contributed by atoms with Crippen molar-refractivity contribution in [1.82, 2.24) is 4.57 Å². The smallest absolute Gasteiger partial charge is 0.313 e. The van der Waals surface area contributed by atoms with Gasteiger partial charge in [0.1, 0.15) is 6.42 Å². The molecule has 0 saturated heterocycles. The van der Waals surface area contributed by atoms with E-state index in [1.807, 2.05) is 29.9 Å². The molecule has 0 aliphatic carbocycles. The number of Topliss-reactive ketones (excluding diaryl/α,β-unsaturated/α-hetero) is 1. The summed E-state index contributed by atoms with van der Waals surface area (Å²) in [5.41, 5.74) is 1.29. The summed E-state index contributed by atoms with van der Waals surface area (Å²) in [6.07, 6.45) is 1.57. The third-order valence-electron chi connectivity index (χ3n) is 2.83. The lowest BCUT2D eigenvalue weighted by Crippen LogP contribution is -2.10. The molecule has 0 aliphatic heterocycles. The number of ether oxygens (including phenoxy) is 1. The predicted octanol–water partition coefficient (Wildman–Crippen LogP) is 2.58. The third-order valence-corrected chi connectivity index (χ3v) is 3.24. The Morgan fingerprint density at radius 1 is 1.33 bits per heavy atom. The molecular weight excluding hydrogens is 254 g/mol. The Bertz CT molecular complexity index is 630. The Labute approximate surface area is 109 Å². The molecule has 1 heterocycles. The van der Waals surface area contributed by atoms with Crippen molar-refractivity contribution in [2.45, 2.75) is 6.42 Å². The van der Waals surface area contributed by atoms with E-state index < -0.39 is 5.97 Å². The van der Waals surface area contributed by atoms with Gasteiger partial charge in [0.25, 0.3) is 0 Å². The van der Waals surface area contributed by atoms with Gasteiger partial charge in [0.15, 0.2) is 5.78 Å². The SMILES string of the molecule is COC(=O)CC(=O)c1ccc2c(ccn2C)c1Cl. The Balaban J connectivity index is 2.43. The number of hydrogen-bond acceptors (Lipinski definition) is 3. The first-order valence-corrected chi connectivity index (χ1v) is 5.76. The van der Waals surface area contributed by atoms with Crippen LogP contribution in [0.25, 0.3) is 10.9 Å². The monoisotopic (exact) mass is 265 g/mol. The molecule has 0 N–H and O–H groups in total. The number of rotatable bonds is 3. The largest absolute Gasteiger partial charge is 0.469 e. The second kappa shape index (κ2) is 4.82. The van der Waals surface area contributed by atoms with E-state index in [2.05, 4.69) is 4.74 Å². The summed E-state index contributed by atoms with van der Waals surface area (Å²) in [5.74, 6) is -0.901. The highest BCUT2D eigenvalue weighted by atomic mass is 35.5. The summed E-state index contributed by atoms with van der Waals surface area (Å²) < 4.78 is 6.38. The molecule has 18 heavy (non-hydrogen) atoms. The van der Waals surface area contributed by atoms with Gasteiger partial charge in [-0.05, 0) is 18.2 Å². The third kappa shape index (κ3) is 2.11. The van der Waals surface area contributed by atoms with Gasteiger partial charge in [-0.25, -0.2) is 0 Å². The first-order chi connectivity index (χ1) is 8.54. The zero-order valence-corrected chi connectivity index (χ0v) is 10.8. The van der Waals surface area contributed by atoms with Gasteiger partial charge < -0.3 is 9.30 Å². The molecule has 0 aliphatic rings. The van der Waals surface area contributed by atoms with E-state index in [0.717, 1.165) is 10.9 Å². The van der Waals surface area contributed by atoms with E-state index in [4.69, 9.17) is 11.6 Å². The maximum Gasteiger partial charge on any atom is 0.313 e. The molecule has 1 aromatic carbocycles. The van der Waals surface area contributed by atoms with Crippen molar-refractivity contribution in [3.05, 3.63) is 35.0 Å². The van der Waals surface area contributed by atoms with Crippen LogP contribution in [0.2, 0.25) is 5.02 Å². The van der Waals surface area contributed by atoms with Crippen LogP contribution in [-0.4, -0.2) is 23.4 Å². The minimum atomic E-state index is -0.566. The summed E-state index contributed by atoms with van der Waals surface area (Å²) in [4.78, 5) is 23.0. The molecule has 0 atom stereocenters. The lowest BCUT2D eigenvalue weighted by Gasteiger charge is -2.05. The molecule has 94 valence electrons. The molecule has 0 spiro atoms. The van der Waals surface area contributed by atoms with Crippen molar-refractivity contribution in [3.8, 4) is 0 Å². The molecule has 0 radical (unpaired) electrons. The molecule has 0 saturated carbocycles. The van der Waals surface area contributed by atoms with E-state index in [1.165, 1.54) is 7.11 Å². The number of benzene rings is 1. The molecular formula is C13H12ClNO3. The van der Waals surface area contributed by atoms with Gasteiger partial charge in [-0.15, -0.1) is 0 Å².